The molecule has 3 rings (SSSR count). The van der Waals surface area contributed by atoms with Gasteiger partial charge in [-0.25, -0.2) is 8.78 Å². The smallest absolute Gasteiger partial charge is 0.133 e. The second-order valence-electron chi connectivity index (χ2n) is 5.12. The highest BCUT2D eigenvalue weighted by Crippen LogP contribution is 2.39. The van der Waals surface area contributed by atoms with E-state index in [0.717, 1.165) is 24.9 Å². The van der Waals surface area contributed by atoms with Gasteiger partial charge in [0.05, 0.1) is 5.56 Å². The molecule has 1 unspecified atom stereocenters. The van der Waals surface area contributed by atoms with Crippen LogP contribution in [0.5, 0.6) is 0 Å². The van der Waals surface area contributed by atoms with Crippen molar-refractivity contribution in [3.63, 3.8) is 0 Å². The van der Waals surface area contributed by atoms with E-state index in [9.17, 15) is 8.78 Å². The standard InChI is InChI=1S/C17H17F2N/c1-2-20-16-10-9-11-12(16)5-3-6-13(11)17-14(18)7-4-8-15(17)19/h3-8,16,20H,2,9-10H2,1H3. The first kappa shape index (κ1) is 13.3. The van der Waals surface area contributed by atoms with Gasteiger partial charge in [0.15, 0.2) is 0 Å². The fourth-order valence-corrected chi connectivity index (χ4v) is 3.10. The van der Waals surface area contributed by atoms with Crippen molar-refractivity contribution >= 4 is 0 Å². The molecule has 0 bridgehead atoms. The first-order chi connectivity index (χ1) is 9.72. The second kappa shape index (κ2) is 5.33. The van der Waals surface area contributed by atoms with Crippen LogP contribution in [0, 0.1) is 11.6 Å². The maximum absolute atomic E-state index is 14.0. The van der Waals surface area contributed by atoms with E-state index in [1.165, 1.54) is 23.8 Å². The summed E-state index contributed by atoms with van der Waals surface area (Å²) < 4.78 is 28.0. The molecule has 0 saturated carbocycles. The number of fused-ring (bicyclic) bond motifs is 1. The van der Waals surface area contributed by atoms with Crippen molar-refractivity contribution in [3.8, 4) is 11.1 Å². The second-order valence-corrected chi connectivity index (χ2v) is 5.12. The minimum Gasteiger partial charge on any atom is -0.310 e. The highest BCUT2D eigenvalue weighted by atomic mass is 19.1. The zero-order chi connectivity index (χ0) is 14.1. The Morgan fingerprint density at radius 2 is 1.80 bits per heavy atom. The molecule has 1 atom stereocenters. The summed E-state index contributed by atoms with van der Waals surface area (Å²) in [5, 5.41) is 3.42. The summed E-state index contributed by atoms with van der Waals surface area (Å²) in [7, 11) is 0. The molecule has 0 amide bonds. The summed E-state index contributed by atoms with van der Waals surface area (Å²) in [4.78, 5) is 0. The zero-order valence-electron chi connectivity index (χ0n) is 11.4. The molecule has 0 spiro atoms. The molecule has 20 heavy (non-hydrogen) atoms. The van der Waals surface area contributed by atoms with Crippen LogP contribution in [0.1, 0.15) is 30.5 Å². The third-order valence-corrected chi connectivity index (χ3v) is 3.95. The fourth-order valence-electron chi connectivity index (χ4n) is 3.10. The molecular weight excluding hydrogens is 256 g/mol. The van der Waals surface area contributed by atoms with Gasteiger partial charge in [-0.15, -0.1) is 0 Å². The van der Waals surface area contributed by atoms with E-state index < -0.39 is 11.6 Å². The molecule has 0 heterocycles. The first-order valence-electron chi connectivity index (χ1n) is 7.02. The Balaban J connectivity index is 2.13. The van der Waals surface area contributed by atoms with Crippen molar-refractivity contribution in [3.05, 3.63) is 59.2 Å². The molecule has 1 aliphatic carbocycles. The van der Waals surface area contributed by atoms with Crippen molar-refractivity contribution in [1.82, 2.24) is 5.32 Å². The van der Waals surface area contributed by atoms with E-state index in [0.29, 0.717) is 11.6 Å². The number of hydrogen-bond acceptors (Lipinski definition) is 1. The monoisotopic (exact) mass is 273 g/mol. The molecule has 1 aliphatic rings. The van der Waals surface area contributed by atoms with E-state index in [1.807, 2.05) is 12.1 Å². The van der Waals surface area contributed by atoms with E-state index >= 15 is 0 Å². The summed E-state index contributed by atoms with van der Waals surface area (Å²) in [5.41, 5.74) is 3.04. The number of benzene rings is 2. The van der Waals surface area contributed by atoms with E-state index in [1.54, 1.807) is 0 Å². The summed E-state index contributed by atoms with van der Waals surface area (Å²) in [5.74, 6) is -0.990. The molecular formula is C17H17F2N. The maximum Gasteiger partial charge on any atom is 0.133 e. The Morgan fingerprint density at radius 3 is 2.50 bits per heavy atom. The quantitative estimate of drug-likeness (QED) is 0.882. The largest absolute Gasteiger partial charge is 0.310 e. The average Bonchev–Trinajstić information content (AvgIpc) is 2.83. The van der Waals surface area contributed by atoms with Gasteiger partial charge in [0.25, 0.3) is 0 Å². The van der Waals surface area contributed by atoms with E-state index in [2.05, 4.69) is 18.3 Å². The number of hydrogen-bond donors (Lipinski definition) is 1. The van der Waals surface area contributed by atoms with Gasteiger partial charge in [0, 0.05) is 6.04 Å². The van der Waals surface area contributed by atoms with Crippen LogP contribution in [0.3, 0.4) is 0 Å². The van der Waals surface area contributed by atoms with Crippen molar-refractivity contribution < 1.29 is 8.78 Å². The highest BCUT2D eigenvalue weighted by molar-refractivity contribution is 5.71. The zero-order valence-corrected chi connectivity index (χ0v) is 11.4. The van der Waals surface area contributed by atoms with Crippen LogP contribution in [0.25, 0.3) is 11.1 Å². The summed E-state index contributed by atoms with van der Waals surface area (Å²) in [6.45, 7) is 2.96. The molecule has 0 saturated heterocycles. The van der Waals surface area contributed by atoms with Crippen LogP contribution < -0.4 is 5.32 Å². The molecule has 2 aromatic rings. The van der Waals surface area contributed by atoms with Gasteiger partial charge in [-0.05, 0) is 48.2 Å². The predicted octanol–water partition coefficient (Wildman–Crippen LogP) is 4.23. The molecule has 0 aliphatic heterocycles. The van der Waals surface area contributed by atoms with Crippen LogP contribution in [0.2, 0.25) is 0 Å². The van der Waals surface area contributed by atoms with Gasteiger partial charge in [0.1, 0.15) is 11.6 Å². The molecule has 104 valence electrons. The normalized spacial score (nSPS) is 17.2. The molecule has 0 aromatic heterocycles. The van der Waals surface area contributed by atoms with Crippen LogP contribution in [-0.4, -0.2) is 6.54 Å². The predicted molar refractivity (Wildman–Crippen MR) is 76.5 cm³/mol. The van der Waals surface area contributed by atoms with Crippen molar-refractivity contribution in [2.75, 3.05) is 6.54 Å². The van der Waals surface area contributed by atoms with Gasteiger partial charge in [0.2, 0.25) is 0 Å². The molecule has 1 N–H and O–H groups in total. The fraction of sp³-hybridized carbons (Fsp3) is 0.294. The summed E-state index contributed by atoms with van der Waals surface area (Å²) in [6.07, 6.45) is 1.84. The lowest BCUT2D eigenvalue weighted by Gasteiger charge is -2.14. The van der Waals surface area contributed by atoms with Gasteiger partial charge in [-0.2, -0.15) is 0 Å². The summed E-state index contributed by atoms with van der Waals surface area (Å²) >= 11 is 0. The topological polar surface area (TPSA) is 12.0 Å². The van der Waals surface area contributed by atoms with Crippen molar-refractivity contribution in [1.29, 1.82) is 0 Å². The lowest BCUT2D eigenvalue weighted by atomic mass is 9.95. The highest BCUT2D eigenvalue weighted by Gasteiger charge is 2.25. The third-order valence-electron chi connectivity index (χ3n) is 3.95. The lowest BCUT2D eigenvalue weighted by Crippen LogP contribution is -2.18. The minimum atomic E-state index is -0.495. The third kappa shape index (κ3) is 2.12. The van der Waals surface area contributed by atoms with Crippen LogP contribution >= 0.6 is 0 Å². The van der Waals surface area contributed by atoms with Gasteiger partial charge >= 0.3 is 0 Å². The number of halogens is 2. The minimum absolute atomic E-state index is 0.0986. The molecule has 1 nitrogen and oxygen atoms in total. The Hall–Kier alpha value is -1.74. The first-order valence-corrected chi connectivity index (χ1v) is 7.02. The molecule has 0 radical (unpaired) electrons. The molecule has 0 fully saturated rings. The van der Waals surface area contributed by atoms with Crippen molar-refractivity contribution in [2.24, 2.45) is 0 Å². The average molecular weight is 273 g/mol. The van der Waals surface area contributed by atoms with E-state index in [4.69, 9.17) is 0 Å². The van der Waals surface area contributed by atoms with Gasteiger partial charge in [-0.3, -0.25) is 0 Å². The Kier molecular flexibility index (Phi) is 3.53. The van der Waals surface area contributed by atoms with E-state index in [-0.39, 0.29) is 5.56 Å². The molecule has 2 aromatic carbocycles. The Labute approximate surface area is 117 Å². The lowest BCUT2D eigenvalue weighted by molar-refractivity contribution is 0.549. The van der Waals surface area contributed by atoms with Gasteiger partial charge in [-0.1, -0.05) is 31.2 Å². The Morgan fingerprint density at radius 1 is 1.10 bits per heavy atom. The SMILES string of the molecule is CCNC1CCc2c(-c3c(F)cccc3F)cccc21. The maximum atomic E-state index is 14.0. The number of nitrogens with one attached hydrogen (secondary N) is 1. The van der Waals surface area contributed by atoms with Crippen molar-refractivity contribution in [2.45, 2.75) is 25.8 Å². The number of rotatable bonds is 3. The molecule has 3 heteroatoms. The summed E-state index contributed by atoms with van der Waals surface area (Å²) in [6, 6.07) is 10.1. The van der Waals surface area contributed by atoms with Crippen LogP contribution in [0.4, 0.5) is 8.78 Å². The van der Waals surface area contributed by atoms with Crippen LogP contribution in [0.15, 0.2) is 36.4 Å². The van der Waals surface area contributed by atoms with Gasteiger partial charge < -0.3 is 5.32 Å². The Bertz CT molecular complexity index is 617. The van der Waals surface area contributed by atoms with Crippen LogP contribution in [-0.2, 0) is 6.42 Å².